The molecular formula is C13H13N4O3P. The normalized spacial score (nSPS) is 19.3. The molecule has 0 spiro atoms. The van der Waals surface area contributed by atoms with E-state index >= 15 is 0 Å². The highest BCUT2D eigenvalue weighted by Crippen LogP contribution is 2.53. The first-order valence-electron chi connectivity index (χ1n) is 6.25. The van der Waals surface area contributed by atoms with E-state index in [9.17, 15) is 14.7 Å². The fraction of sp³-hybridized carbons (Fsp3) is 0.0769. The highest BCUT2D eigenvalue weighted by molar-refractivity contribution is 7.69. The molecule has 21 heavy (non-hydrogen) atoms. The summed E-state index contributed by atoms with van der Waals surface area (Å²) in [6.07, 6.45) is 0. The molecule has 0 amide bonds. The predicted molar refractivity (Wildman–Crippen MR) is 82.8 cm³/mol. The van der Waals surface area contributed by atoms with Crippen LogP contribution in [-0.2, 0) is 4.57 Å². The van der Waals surface area contributed by atoms with Crippen LogP contribution in [-0.4, -0.2) is 4.92 Å². The van der Waals surface area contributed by atoms with Crippen LogP contribution in [0.15, 0.2) is 42.5 Å². The fourth-order valence-corrected chi connectivity index (χ4v) is 3.85. The summed E-state index contributed by atoms with van der Waals surface area (Å²) in [5.74, 6) is 0. The summed E-state index contributed by atoms with van der Waals surface area (Å²) in [7, 11) is -3.05. The number of non-ortho nitro benzene ring substituents is 1. The molecule has 0 fully saturated rings. The van der Waals surface area contributed by atoms with E-state index in [-0.39, 0.29) is 5.69 Å². The molecule has 0 radical (unpaired) electrons. The molecule has 1 aliphatic rings. The average molecular weight is 304 g/mol. The van der Waals surface area contributed by atoms with Crippen molar-refractivity contribution in [1.82, 2.24) is 0 Å². The molecule has 1 unspecified atom stereocenters. The zero-order chi connectivity index (χ0) is 15.0. The summed E-state index contributed by atoms with van der Waals surface area (Å²) in [5.41, 5.74) is 3.12. The summed E-state index contributed by atoms with van der Waals surface area (Å²) >= 11 is 0. The van der Waals surface area contributed by atoms with Crippen LogP contribution in [0, 0.1) is 17.0 Å². The minimum atomic E-state index is -3.05. The van der Waals surface area contributed by atoms with E-state index in [1.165, 1.54) is 24.3 Å². The van der Waals surface area contributed by atoms with E-state index in [1.54, 1.807) is 0 Å². The van der Waals surface area contributed by atoms with Crippen molar-refractivity contribution in [2.45, 2.75) is 6.92 Å². The largest absolute Gasteiger partial charge is 0.352 e. The standard InChI is InChI=1S/C13H13N4O3P/c1-9-2-7-12-13(8-9)16-21(20,15-12)14-10-3-5-11(6-4-10)17(18)19/h2-8H,1H3,(H3,14,15,16,20). The van der Waals surface area contributed by atoms with Crippen molar-refractivity contribution in [2.24, 2.45) is 0 Å². The number of nitro benzene ring substituents is 1. The number of fused-ring (bicyclic) bond motifs is 1. The first-order valence-corrected chi connectivity index (χ1v) is 7.96. The summed E-state index contributed by atoms with van der Waals surface area (Å²) in [6.45, 7) is 1.95. The predicted octanol–water partition coefficient (Wildman–Crippen LogP) is 3.96. The Kier molecular flexibility index (Phi) is 3.07. The number of anilines is 3. The molecule has 1 heterocycles. The molecule has 0 saturated carbocycles. The van der Waals surface area contributed by atoms with Crippen LogP contribution in [0.1, 0.15) is 5.56 Å². The Morgan fingerprint density at radius 3 is 2.43 bits per heavy atom. The van der Waals surface area contributed by atoms with Gasteiger partial charge >= 0.3 is 7.59 Å². The van der Waals surface area contributed by atoms with Crippen molar-refractivity contribution < 1.29 is 9.49 Å². The SMILES string of the molecule is Cc1ccc2c(c1)NP(=O)(Nc1ccc([N+](=O)[O-])cc1)N2. The highest BCUT2D eigenvalue weighted by Gasteiger charge is 2.30. The van der Waals surface area contributed by atoms with Crippen molar-refractivity contribution in [1.29, 1.82) is 0 Å². The fourth-order valence-electron chi connectivity index (χ4n) is 2.11. The number of nitro groups is 1. The van der Waals surface area contributed by atoms with E-state index in [2.05, 4.69) is 15.3 Å². The maximum Gasteiger partial charge on any atom is 0.352 e. The zero-order valence-electron chi connectivity index (χ0n) is 11.2. The lowest BCUT2D eigenvalue weighted by molar-refractivity contribution is -0.384. The lowest BCUT2D eigenvalue weighted by Crippen LogP contribution is -2.06. The molecule has 0 bridgehead atoms. The summed E-state index contributed by atoms with van der Waals surface area (Å²) < 4.78 is 12.7. The first-order chi connectivity index (χ1) is 9.95. The van der Waals surface area contributed by atoms with Crippen LogP contribution in [0.3, 0.4) is 0 Å². The second-order valence-electron chi connectivity index (χ2n) is 4.80. The molecule has 108 valence electrons. The molecule has 2 aromatic carbocycles. The van der Waals surface area contributed by atoms with E-state index in [0.29, 0.717) is 5.69 Å². The van der Waals surface area contributed by atoms with Gasteiger partial charge in [0.15, 0.2) is 0 Å². The van der Waals surface area contributed by atoms with Crippen LogP contribution in [0.2, 0.25) is 0 Å². The highest BCUT2D eigenvalue weighted by atomic mass is 31.2. The van der Waals surface area contributed by atoms with Crippen LogP contribution in [0.25, 0.3) is 0 Å². The molecule has 2 aromatic rings. The van der Waals surface area contributed by atoms with Crippen LogP contribution in [0.5, 0.6) is 0 Å². The Bertz CT molecular complexity index is 761. The van der Waals surface area contributed by atoms with Gasteiger partial charge in [0.25, 0.3) is 5.69 Å². The number of hydrogen-bond acceptors (Lipinski definition) is 3. The number of nitrogens with one attached hydrogen (secondary N) is 3. The maximum absolute atomic E-state index is 12.7. The van der Waals surface area contributed by atoms with Crippen molar-refractivity contribution >= 4 is 30.3 Å². The molecule has 7 nitrogen and oxygen atoms in total. The van der Waals surface area contributed by atoms with Crippen molar-refractivity contribution in [3.8, 4) is 0 Å². The molecule has 1 atom stereocenters. The monoisotopic (exact) mass is 304 g/mol. The number of nitrogens with zero attached hydrogens (tertiary/aromatic N) is 1. The summed E-state index contributed by atoms with van der Waals surface area (Å²) in [5, 5.41) is 19.3. The number of hydrogen-bond donors (Lipinski definition) is 3. The Morgan fingerprint density at radius 2 is 1.76 bits per heavy atom. The molecule has 3 rings (SSSR count). The Hall–Kier alpha value is -2.53. The second-order valence-corrected chi connectivity index (χ2v) is 6.69. The maximum atomic E-state index is 12.7. The van der Waals surface area contributed by atoms with Gasteiger partial charge in [0, 0.05) is 17.8 Å². The smallest absolute Gasteiger partial charge is 0.304 e. The summed E-state index contributed by atoms with van der Waals surface area (Å²) in [4.78, 5) is 10.1. The van der Waals surface area contributed by atoms with Gasteiger partial charge in [-0.25, -0.2) is 0 Å². The van der Waals surface area contributed by atoms with Crippen molar-refractivity contribution in [3.05, 3.63) is 58.1 Å². The average Bonchev–Trinajstić information content (AvgIpc) is 2.74. The Morgan fingerprint density at radius 1 is 1.10 bits per heavy atom. The van der Waals surface area contributed by atoms with Gasteiger partial charge in [-0.05, 0) is 36.8 Å². The number of benzene rings is 2. The van der Waals surface area contributed by atoms with Gasteiger partial charge in [0.1, 0.15) is 0 Å². The first kappa shape index (κ1) is 13.5. The summed E-state index contributed by atoms with van der Waals surface area (Å²) in [6, 6.07) is 11.5. The zero-order valence-corrected chi connectivity index (χ0v) is 12.1. The van der Waals surface area contributed by atoms with Gasteiger partial charge in [-0.3, -0.25) is 14.7 Å². The van der Waals surface area contributed by atoms with Gasteiger partial charge in [0.2, 0.25) is 0 Å². The molecule has 1 aliphatic heterocycles. The Labute approximate surface area is 121 Å². The third-order valence-electron chi connectivity index (χ3n) is 3.10. The Balaban J connectivity index is 1.80. The van der Waals surface area contributed by atoms with Crippen molar-refractivity contribution in [2.75, 3.05) is 15.3 Å². The van der Waals surface area contributed by atoms with Gasteiger partial charge in [-0.1, -0.05) is 6.07 Å². The second kappa shape index (κ2) is 4.79. The topological polar surface area (TPSA) is 96.3 Å². The molecule has 0 aliphatic carbocycles. The number of aryl methyl sites for hydroxylation is 1. The minimum Gasteiger partial charge on any atom is -0.304 e. The molecule has 3 N–H and O–H groups in total. The third kappa shape index (κ3) is 2.68. The lowest BCUT2D eigenvalue weighted by Gasteiger charge is -2.15. The van der Waals surface area contributed by atoms with Crippen LogP contribution in [0.4, 0.5) is 22.7 Å². The van der Waals surface area contributed by atoms with Crippen molar-refractivity contribution in [3.63, 3.8) is 0 Å². The van der Waals surface area contributed by atoms with Gasteiger partial charge in [-0.2, -0.15) is 0 Å². The molecular weight excluding hydrogens is 291 g/mol. The van der Waals surface area contributed by atoms with Gasteiger partial charge < -0.3 is 15.3 Å². The van der Waals surface area contributed by atoms with Crippen LogP contribution >= 0.6 is 7.59 Å². The number of rotatable bonds is 3. The molecule has 0 aromatic heterocycles. The van der Waals surface area contributed by atoms with Gasteiger partial charge in [0.05, 0.1) is 16.3 Å². The van der Waals surface area contributed by atoms with E-state index in [1.807, 2.05) is 25.1 Å². The van der Waals surface area contributed by atoms with E-state index in [4.69, 9.17) is 0 Å². The quantitative estimate of drug-likeness (QED) is 0.451. The van der Waals surface area contributed by atoms with E-state index < -0.39 is 12.5 Å². The van der Waals surface area contributed by atoms with E-state index in [0.717, 1.165) is 16.9 Å². The lowest BCUT2D eigenvalue weighted by atomic mass is 10.2. The third-order valence-corrected chi connectivity index (χ3v) is 4.78. The van der Waals surface area contributed by atoms with Gasteiger partial charge in [-0.15, -0.1) is 0 Å². The van der Waals surface area contributed by atoms with Crippen LogP contribution < -0.4 is 15.3 Å². The molecule has 8 heteroatoms. The minimum absolute atomic E-state index is 0.00918. The molecule has 0 saturated heterocycles.